The summed E-state index contributed by atoms with van der Waals surface area (Å²) in [7, 11) is 2.16. The Hall–Kier alpha value is -0.870. The number of nitrogens with zero attached hydrogens (tertiary/aromatic N) is 3. The number of hydrogen-bond donors (Lipinski definition) is 1. The molecule has 0 spiro atoms. The molecule has 1 aromatic heterocycles. The van der Waals surface area contributed by atoms with Crippen LogP contribution in [0.4, 0.5) is 5.82 Å². The number of halogens is 1. The molecular weight excluding hydrogens is 224 g/mol. The number of likely N-dealkylation sites (tertiary alicyclic amines) is 1. The maximum absolute atomic E-state index is 5.80. The summed E-state index contributed by atoms with van der Waals surface area (Å²) < 4.78 is 0. The normalized spacial score (nSPS) is 26.7. The Morgan fingerprint density at radius 1 is 1.50 bits per heavy atom. The number of aromatic nitrogens is 2. The van der Waals surface area contributed by atoms with E-state index >= 15 is 0 Å². The first kappa shape index (κ1) is 11.6. The summed E-state index contributed by atoms with van der Waals surface area (Å²) >= 11 is 5.80. The van der Waals surface area contributed by atoms with E-state index in [4.69, 9.17) is 11.6 Å². The van der Waals surface area contributed by atoms with Crippen LogP contribution in [0.15, 0.2) is 12.4 Å². The first-order chi connectivity index (χ1) is 7.65. The molecule has 0 amide bonds. The number of piperidine rings is 1. The summed E-state index contributed by atoms with van der Waals surface area (Å²) in [5.74, 6) is 1.38. The van der Waals surface area contributed by atoms with E-state index < -0.39 is 0 Å². The Balaban J connectivity index is 1.99. The summed E-state index contributed by atoms with van der Waals surface area (Å²) in [6.45, 7) is 4.49. The van der Waals surface area contributed by atoms with Gasteiger partial charge in [-0.1, -0.05) is 18.5 Å². The molecule has 2 heterocycles. The van der Waals surface area contributed by atoms with Crippen molar-refractivity contribution in [3.8, 4) is 0 Å². The third-order valence-corrected chi connectivity index (χ3v) is 3.23. The number of hydrogen-bond acceptors (Lipinski definition) is 4. The molecule has 0 radical (unpaired) electrons. The van der Waals surface area contributed by atoms with Crippen molar-refractivity contribution in [3.63, 3.8) is 0 Å². The van der Waals surface area contributed by atoms with Gasteiger partial charge >= 0.3 is 0 Å². The van der Waals surface area contributed by atoms with E-state index in [1.54, 1.807) is 12.4 Å². The Morgan fingerprint density at radius 2 is 2.31 bits per heavy atom. The standard InChI is InChI=1S/C11H17ClN4/c1-8-7-16(2)4-3-9(8)14-11-6-13-5-10(12)15-11/h5-6,8-9H,3-4,7H2,1-2H3,(H,14,15). The van der Waals surface area contributed by atoms with Gasteiger partial charge in [0.1, 0.15) is 11.0 Å². The average Bonchev–Trinajstić information content (AvgIpc) is 2.22. The molecule has 1 aliphatic rings. The zero-order valence-corrected chi connectivity index (χ0v) is 10.4. The summed E-state index contributed by atoms with van der Waals surface area (Å²) in [4.78, 5) is 10.6. The molecule has 0 aromatic carbocycles. The molecule has 0 aliphatic carbocycles. The van der Waals surface area contributed by atoms with Crippen LogP contribution in [0.25, 0.3) is 0 Å². The van der Waals surface area contributed by atoms with Gasteiger partial charge in [0.2, 0.25) is 0 Å². The van der Waals surface area contributed by atoms with Gasteiger partial charge in [-0.3, -0.25) is 4.98 Å². The molecule has 1 N–H and O–H groups in total. The SMILES string of the molecule is CC1CN(C)CCC1Nc1cncc(Cl)n1. The fourth-order valence-corrected chi connectivity index (χ4v) is 2.32. The van der Waals surface area contributed by atoms with Crippen molar-refractivity contribution in [3.05, 3.63) is 17.5 Å². The molecule has 1 fully saturated rings. The second kappa shape index (κ2) is 4.97. The van der Waals surface area contributed by atoms with Gasteiger partial charge in [0.15, 0.2) is 0 Å². The molecule has 2 atom stereocenters. The lowest BCUT2D eigenvalue weighted by atomic mass is 9.94. The van der Waals surface area contributed by atoms with Crippen LogP contribution in [0.2, 0.25) is 5.15 Å². The van der Waals surface area contributed by atoms with E-state index in [1.807, 2.05) is 0 Å². The van der Waals surface area contributed by atoms with Crippen molar-refractivity contribution in [1.82, 2.24) is 14.9 Å². The van der Waals surface area contributed by atoms with E-state index in [0.29, 0.717) is 17.1 Å². The van der Waals surface area contributed by atoms with Gasteiger partial charge < -0.3 is 10.2 Å². The minimum absolute atomic E-state index is 0.436. The second-order valence-corrected chi connectivity index (χ2v) is 4.89. The Labute approximate surface area is 101 Å². The lowest BCUT2D eigenvalue weighted by molar-refractivity contribution is 0.206. The summed E-state index contributed by atoms with van der Waals surface area (Å²) in [5, 5.41) is 3.84. The summed E-state index contributed by atoms with van der Waals surface area (Å²) in [6.07, 6.45) is 4.40. The molecule has 0 bridgehead atoms. The van der Waals surface area contributed by atoms with Crippen molar-refractivity contribution in [2.75, 3.05) is 25.5 Å². The average molecular weight is 241 g/mol. The smallest absolute Gasteiger partial charge is 0.149 e. The minimum atomic E-state index is 0.436. The van der Waals surface area contributed by atoms with Crippen LogP contribution in [0, 0.1) is 5.92 Å². The molecule has 1 aromatic rings. The van der Waals surface area contributed by atoms with Gasteiger partial charge in [-0.2, -0.15) is 0 Å². The number of anilines is 1. The monoisotopic (exact) mass is 240 g/mol. The quantitative estimate of drug-likeness (QED) is 0.857. The lowest BCUT2D eigenvalue weighted by Crippen LogP contribution is -2.43. The van der Waals surface area contributed by atoms with Crippen LogP contribution in [-0.4, -0.2) is 41.0 Å². The molecule has 88 valence electrons. The van der Waals surface area contributed by atoms with Gasteiger partial charge in [-0.15, -0.1) is 0 Å². The largest absolute Gasteiger partial charge is 0.366 e. The van der Waals surface area contributed by atoms with E-state index in [-0.39, 0.29) is 0 Å². The first-order valence-electron chi connectivity index (χ1n) is 5.58. The molecule has 4 nitrogen and oxygen atoms in total. The van der Waals surface area contributed by atoms with Gasteiger partial charge in [0.05, 0.1) is 12.4 Å². The third-order valence-electron chi connectivity index (χ3n) is 3.05. The van der Waals surface area contributed by atoms with Crippen LogP contribution < -0.4 is 5.32 Å². The van der Waals surface area contributed by atoms with Gasteiger partial charge in [0, 0.05) is 12.6 Å². The fourth-order valence-electron chi connectivity index (χ4n) is 2.17. The number of nitrogens with one attached hydrogen (secondary N) is 1. The third kappa shape index (κ3) is 2.83. The van der Waals surface area contributed by atoms with Crippen molar-refractivity contribution in [1.29, 1.82) is 0 Å². The zero-order valence-electron chi connectivity index (χ0n) is 9.65. The van der Waals surface area contributed by atoms with E-state index in [2.05, 4.69) is 34.2 Å². The van der Waals surface area contributed by atoms with Gasteiger partial charge in [-0.05, 0) is 25.9 Å². The van der Waals surface area contributed by atoms with E-state index in [0.717, 1.165) is 25.3 Å². The molecule has 5 heteroatoms. The molecule has 1 aliphatic heterocycles. The highest BCUT2D eigenvalue weighted by molar-refractivity contribution is 6.29. The van der Waals surface area contributed by atoms with Crippen LogP contribution in [-0.2, 0) is 0 Å². The maximum Gasteiger partial charge on any atom is 0.149 e. The molecule has 16 heavy (non-hydrogen) atoms. The molecule has 2 unspecified atom stereocenters. The van der Waals surface area contributed by atoms with Crippen molar-refractivity contribution in [2.45, 2.75) is 19.4 Å². The van der Waals surface area contributed by atoms with Crippen LogP contribution in [0.3, 0.4) is 0 Å². The predicted molar refractivity (Wildman–Crippen MR) is 65.7 cm³/mol. The number of rotatable bonds is 2. The van der Waals surface area contributed by atoms with Gasteiger partial charge in [-0.25, -0.2) is 4.98 Å². The predicted octanol–water partition coefficient (Wildman–Crippen LogP) is 1.88. The highest BCUT2D eigenvalue weighted by Crippen LogP contribution is 2.19. The summed E-state index contributed by atoms with van der Waals surface area (Å²) in [5.41, 5.74) is 0. The Bertz CT molecular complexity index is 358. The molecule has 0 saturated carbocycles. The van der Waals surface area contributed by atoms with Crippen LogP contribution in [0.5, 0.6) is 0 Å². The highest BCUT2D eigenvalue weighted by Gasteiger charge is 2.24. The van der Waals surface area contributed by atoms with E-state index in [1.165, 1.54) is 0 Å². The van der Waals surface area contributed by atoms with Crippen molar-refractivity contribution >= 4 is 17.4 Å². The maximum atomic E-state index is 5.80. The Morgan fingerprint density at radius 3 is 3.00 bits per heavy atom. The fraction of sp³-hybridized carbons (Fsp3) is 0.636. The topological polar surface area (TPSA) is 41.0 Å². The highest BCUT2D eigenvalue weighted by atomic mass is 35.5. The molecule has 1 saturated heterocycles. The van der Waals surface area contributed by atoms with Crippen molar-refractivity contribution < 1.29 is 0 Å². The van der Waals surface area contributed by atoms with Crippen LogP contribution in [0.1, 0.15) is 13.3 Å². The van der Waals surface area contributed by atoms with Crippen LogP contribution >= 0.6 is 11.6 Å². The second-order valence-electron chi connectivity index (χ2n) is 4.51. The lowest BCUT2D eigenvalue weighted by Gasteiger charge is -2.35. The molecule has 2 rings (SSSR count). The molecular formula is C11H17ClN4. The van der Waals surface area contributed by atoms with Gasteiger partial charge in [0.25, 0.3) is 0 Å². The minimum Gasteiger partial charge on any atom is -0.366 e. The van der Waals surface area contributed by atoms with Crippen molar-refractivity contribution in [2.24, 2.45) is 5.92 Å². The Kier molecular flexibility index (Phi) is 3.61. The van der Waals surface area contributed by atoms with E-state index in [9.17, 15) is 0 Å². The zero-order chi connectivity index (χ0) is 11.5. The summed E-state index contributed by atoms with van der Waals surface area (Å²) in [6, 6.07) is 0.462. The first-order valence-corrected chi connectivity index (χ1v) is 5.95.